The summed E-state index contributed by atoms with van der Waals surface area (Å²) in [6.45, 7) is 0.250. The molecule has 1 aromatic heterocycles. The fourth-order valence-electron chi connectivity index (χ4n) is 3.38. The molecule has 0 saturated carbocycles. The summed E-state index contributed by atoms with van der Waals surface area (Å²) in [5.41, 5.74) is 4.75. The van der Waals surface area contributed by atoms with Crippen LogP contribution in [0.3, 0.4) is 0 Å². The molecular formula is C23H18N2O3. The van der Waals surface area contributed by atoms with Gasteiger partial charge >= 0.3 is 0 Å². The van der Waals surface area contributed by atoms with E-state index in [0.29, 0.717) is 0 Å². The van der Waals surface area contributed by atoms with E-state index < -0.39 is 0 Å². The Hall–Kier alpha value is -3.73. The summed E-state index contributed by atoms with van der Waals surface area (Å²) in [4.78, 5) is 0. The van der Waals surface area contributed by atoms with Crippen LogP contribution in [0.2, 0.25) is 0 Å². The smallest absolute Gasteiger partial charge is 0.231 e. The lowest BCUT2D eigenvalue weighted by molar-refractivity contribution is 0.174. The van der Waals surface area contributed by atoms with Crippen molar-refractivity contribution in [3.63, 3.8) is 0 Å². The molecule has 0 radical (unpaired) electrons. The van der Waals surface area contributed by atoms with Crippen LogP contribution in [0.25, 0.3) is 28.2 Å². The Bertz CT molecular complexity index is 1140. The number of rotatable bonds is 4. The molecule has 1 aliphatic heterocycles. The molecule has 2 heterocycles. The topological polar surface area (TPSA) is 45.5 Å². The monoisotopic (exact) mass is 370 g/mol. The largest absolute Gasteiger partial charge is 0.494 e. The lowest BCUT2D eigenvalue weighted by atomic mass is 10.1. The third kappa shape index (κ3) is 2.77. The molecule has 28 heavy (non-hydrogen) atoms. The summed E-state index contributed by atoms with van der Waals surface area (Å²) in [7, 11) is 1.67. The molecule has 0 bridgehead atoms. The van der Waals surface area contributed by atoms with Gasteiger partial charge in [0.05, 0.1) is 18.5 Å². The molecular weight excluding hydrogens is 352 g/mol. The molecule has 0 fully saturated rings. The number of ether oxygens (including phenoxy) is 3. The van der Waals surface area contributed by atoms with E-state index in [-0.39, 0.29) is 6.79 Å². The third-order valence-electron chi connectivity index (χ3n) is 4.76. The van der Waals surface area contributed by atoms with Crippen LogP contribution < -0.4 is 14.2 Å². The Balaban J connectivity index is 1.72. The molecule has 0 amide bonds. The van der Waals surface area contributed by atoms with E-state index in [2.05, 4.69) is 18.2 Å². The van der Waals surface area contributed by atoms with Crippen LogP contribution in [0.5, 0.6) is 17.2 Å². The number of hydrogen-bond acceptors (Lipinski definition) is 4. The average molecular weight is 370 g/mol. The first-order chi connectivity index (χ1) is 13.8. The summed E-state index contributed by atoms with van der Waals surface area (Å²) in [6.07, 6.45) is 0. The van der Waals surface area contributed by atoms with Gasteiger partial charge < -0.3 is 14.2 Å². The Morgan fingerprint density at radius 1 is 0.821 bits per heavy atom. The molecule has 5 nitrogen and oxygen atoms in total. The molecule has 0 aliphatic carbocycles. The van der Waals surface area contributed by atoms with E-state index >= 15 is 0 Å². The minimum absolute atomic E-state index is 0.250. The molecule has 1 aliphatic rings. The highest BCUT2D eigenvalue weighted by atomic mass is 16.7. The number of fused-ring (bicyclic) bond motifs is 1. The van der Waals surface area contributed by atoms with Crippen LogP contribution >= 0.6 is 0 Å². The fraction of sp³-hybridized carbons (Fsp3) is 0.0870. The van der Waals surface area contributed by atoms with Crippen molar-refractivity contribution in [3.8, 4) is 45.5 Å². The summed E-state index contributed by atoms with van der Waals surface area (Å²) in [5.74, 6) is 2.26. The maximum absolute atomic E-state index is 5.57. The Labute approximate surface area is 162 Å². The lowest BCUT2D eigenvalue weighted by Gasteiger charge is -2.12. The second-order valence-electron chi connectivity index (χ2n) is 6.43. The molecule has 5 rings (SSSR count). The first kappa shape index (κ1) is 16.4. The first-order valence-electron chi connectivity index (χ1n) is 9.02. The zero-order chi connectivity index (χ0) is 18.9. The number of benzene rings is 3. The van der Waals surface area contributed by atoms with Crippen molar-refractivity contribution >= 4 is 0 Å². The molecule has 0 unspecified atom stereocenters. The van der Waals surface area contributed by atoms with E-state index in [9.17, 15) is 0 Å². The Morgan fingerprint density at radius 3 is 2.46 bits per heavy atom. The lowest BCUT2D eigenvalue weighted by Crippen LogP contribution is -2.02. The second-order valence-corrected chi connectivity index (χ2v) is 6.43. The normalized spacial score (nSPS) is 12.2. The molecule has 0 N–H and O–H groups in total. The summed E-state index contributed by atoms with van der Waals surface area (Å²) in [5, 5.41) is 4.89. The fourth-order valence-corrected chi connectivity index (χ4v) is 3.38. The highest BCUT2D eigenvalue weighted by Crippen LogP contribution is 2.38. The Morgan fingerprint density at radius 2 is 1.61 bits per heavy atom. The van der Waals surface area contributed by atoms with Gasteiger partial charge in [0, 0.05) is 11.1 Å². The van der Waals surface area contributed by atoms with E-state index in [4.69, 9.17) is 19.3 Å². The number of methoxy groups -OCH3 is 1. The van der Waals surface area contributed by atoms with E-state index in [1.165, 1.54) is 0 Å². The van der Waals surface area contributed by atoms with E-state index in [0.717, 1.165) is 45.5 Å². The van der Waals surface area contributed by atoms with Crippen molar-refractivity contribution in [1.29, 1.82) is 0 Å². The van der Waals surface area contributed by atoms with E-state index in [1.807, 2.05) is 65.3 Å². The zero-order valence-corrected chi connectivity index (χ0v) is 15.3. The van der Waals surface area contributed by atoms with Gasteiger partial charge in [-0.15, -0.1) is 0 Å². The molecule has 138 valence electrons. The number of para-hydroxylation sites is 2. The number of hydrogen-bond donors (Lipinski definition) is 0. The first-order valence-corrected chi connectivity index (χ1v) is 9.02. The highest BCUT2D eigenvalue weighted by Gasteiger charge is 2.19. The molecule has 0 spiro atoms. The van der Waals surface area contributed by atoms with Crippen molar-refractivity contribution in [2.24, 2.45) is 0 Å². The standard InChI is InChI=1S/C23H18N2O3/c1-26-21-10-6-5-9-19(21)25-20(14-18(24-25)16-7-3-2-4-8-16)17-11-12-22-23(13-17)28-15-27-22/h2-14H,15H2,1H3. The van der Waals surface area contributed by atoms with Crippen molar-refractivity contribution in [2.75, 3.05) is 13.9 Å². The van der Waals surface area contributed by atoms with Crippen molar-refractivity contribution < 1.29 is 14.2 Å². The predicted molar refractivity (Wildman–Crippen MR) is 107 cm³/mol. The van der Waals surface area contributed by atoms with Gasteiger partial charge in [-0.05, 0) is 36.4 Å². The minimum Gasteiger partial charge on any atom is -0.494 e. The summed E-state index contributed by atoms with van der Waals surface area (Å²) >= 11 is 0. The van der Waals surface area contributed by atoms with Gasteiger partial charge in [-0.3, -0.25) is 0 Å². The van der Waals surface area contributed by atoms with Crippen LogP contribution in [0, 0.1) is 0 Å². The molecule has 4 aromatic rings. The second kappa shape index (κ2) is 6.78. The van der Waals surface area contributed by atoms with Gasteiger partial charge in [0.2, 0.25) is 6.79 Å². The maximum Gasteiger partial charge on any atom is 0.231 e. The molecule has 0 saturated heterocycles. The quantitative estimate of drug-likeness (QED) is 0.510. The SMILES string of the molecule is COc1ccccc1-n1nc(-c2ccccc2)cc1-c1ccc2c(c1)OCO2. The van der Waals surface area contributed by atoms with Crippen LogP contribution in [-0.4, -0.2) is 23.7 Å². The minimum atomic E-state index is 0.250. The van der Waals surface area contributed by atoms with Gasteiger partial charge in [-0.1, -0.05) is 42.5 Å². The van der Waals surface area contributed by atoms with Crippen LogP contribution in [-0.2, 0) is 0 Å². The zero-order valence-electron chi connectivity index (χ0n) is 15.3. The van der Waals surface area contributed by atoms with Crippen LogP contribution in [0.1, 0.15) is 0 Å². The summed E-state index contributed by atoms with van der Waals surface area (Å²) in [6, 6.07) is 26.0. The highest BCUT2D eigenvalue weighted by molar-refractivity contribution is 5.73. The third-order valence-corrected chi connectivity index (χ3v) is 4.76. The van der Waals surface area contributed by atoms with Crippen LogP contribution in [0.15, 0.2) is 78.9 Å². The van der Waals surface area contributed by atoms with Gasteiger partial charge in [0.25, 0.3) is 0 Å². The van der Waals surface area contributed by atoms with Gasteiger partial charge in [-0.2, -0.15) is 5.10 Å². The summed E-state index contributed by atoms with van der Waals surface area (Å²) < 4.78 is 18.5. The molecule has 3 aromatic carbocycles. The number of nitrogens with zero attached hydrogens (tertiary/aromatic N) is 2. The van der Waals surface area contributed by atoms with Gasteiger partial charge in [0.1, 0.15) is 11.4 Å². The maximum atomic E-state index is 5.57. The molecule has 0 atom stereocenters. The average Bonchev–Trinajstić information content (AvgIpc) is 3.41. The molecule has 5 heteroatoms. The van der Waals surface area contributed by atoms with E-state index in [1.54, 1.807) is 7.11 Å². The van der Waals surface area contributed by atoms with Gasteiger partial charge in [-0.25, -0.2) is 4.68 Å². The van der Waals surface area contributed by atoms with Crippen LogP contribution in [0.4, 0.5) is 0 Å². The van der Waals surface area contributed by atoms with Crippen molar-refractivity contribution in [1.82, 2.24) is 9.78 Å². The van der Waals surface area contributed by atoms with Crippen molar-refractivity contribution in [3.05, 3.63) is 78.9 Å². The predicted octanol–water partition coefficient (Wildman–Crippen LogP) is 4.94. The Kier molecular flexibility index (Phi) is 3.98. The number of aromatic nitrogens is 2. The van der Waals surface area contributed by atoms with Crippen molar-refractivity contribution in [2.45, 2.75) is 0 Å². The van der Waals surface area contributed by atoms with Gasteiger partial charge in [0.15, 0.2) is 11.5 Å².